The molecule has 0 heterocycles. The fourth-order valence-electron chi connectivity index (χ4n) is 2.10. The van der Waals surface area contributed by atoms with E-state index in [1.165, 1.54) is 25.3 Å². The summed E-state index contributed by atoms with van der Waals surface area (Å²) < 4.78 is 23.8. The van der Waals surface area contributed by atoms with E-state index in [-0.39, 0.29) is 12.1 Å². The Hall–Kier alpha value is -1.86. The molecule has 0 radical (unpaired) electrons. The number of carbonyl (C=O) groups excluding carboxylic acids is 1. The minimum Gasteiger partial charge on any atom is -0.496 e. The molecule has 6 nitrogen and oxygen atoms in total. The van der Waals surface area contributed by atoms with Crippen molar-refractivity contribution in [3.05, 3.63) is 29.6 Å². The van der Waals surface area contributed by atoms with Crippen LogP contribution in [-0.2, 0) is 4.74 Å². The highest BCUT2D eigenvalue weighted by Gasteiger charge is 2.27. The zero-order valence-corrected chi connectivity index (χ0v) is 13.9. The van der Waals surface area contributed by atoms with Gasteiger partial charge < -0.3 is 25.6 Å². The molecule has 0 saturated carbocycles. The lowest BCUT2D eigenvalue weighted by Gasteiger charge is -2.27. The third kappa shape index (κ3) is 6.03. The van der Waals surface area contributed by atoms with Gasteiger partial charge in [0, 0.05) is 5.56 Å². The van der Waals surface area contributed by atoms with Gasteiger partial charge >= 0.3 is 6.09 Å². The number of carbonyl (C=O) groups is 1. The molecule has 0 aliphatic rings. The maximum absolute atomic E-state index is 13.5. The van der Waals surface area contributed by atoms with Crippen molar-refractivity contribution in [2.45, 2.75) is 44.9 Å². The average Bonchev–Trinajstić information content (AvgIpc) is 2.44. The van der Waals surface area contributed by atoms with Gasteiger partial charge in [0.15, 0.2) is 0 Å². The highest BCUT2D eigenvalue weighted by molar-refractivity contribution is 5.68. The molecule has 0 aliphatic heterocycles. The Kier molecular flexibility index (Phi) is 6.78. The van der Waals surface area contributed by atoms with E-state index < -0.39 is 29.7 Å². The summed E-state index contributed by atoms with van der Waals surface area (Å²) in [5.74, 6) is -0.185. The van der Waals surface area contributed by atoms with Crippen LogP contribution < -0.4 is 15.8 Å². The monoisotopic (exact) mass is 328 g/mol. The number of aliphatic hydroxyl groups is 1. The number of amides is 1. The summed E-state index contributed by atoms with van der Waals surface area (Å²) in [5.41, 5.74) is 5.11. The minimum absolute atomic E-state index is 0.231. The number of alkyl carbamates (subject to hydrolysis) is 1. The molecule has 1 rings (SSSR count). The van der Waals surface area contributed by atoms with Crippen molar-refractivity contribution in [1.29, 1.82) is 0 Å². The lowest BCUT2D eigenvalue weighted by Crippen LogP contribution is -2.43. The molecular weight excluding hydrogens is 303 g/mol. The molecule has 1 aromatic carbocycles. The first-order valence-electron chi connectivity index (χ1n) is 7.39. The summed E-state index contributed by atoms with van der Waals surface area (Å²) in [6, 6.07) is 3.09. The molecule has 1 amide bonds. The van der Waals surface area contributed by atoms with E-state index in [2.05, 4.69) is 5.32 Å². The van der Waals surface area contributed by atoms with Crippen LogP contribution in [0.15, 0.2) is 18.2 Å². The molecule has 7 heteroatoms. The van der Waals surface area contributed by atoms with Crippen LogP contribution in [0.5, 0.6) is 5.75 Å². The maximum Gasteiger partial charge on any atom is 0.407 e. The van der Waals surface area contributed by atoms with Gasteiger partial charge in [0.2, 0.25) is 0 Å². The maximum atomic E-state index is 13.5. The van der Waals surface area contributed by atoms with Crippen LogP contribution in [0.25, 0.3) is 0 Å². The fourth-order valence-corrected chi connectivity index (χ4v) is 2.10. The van der Waals surface area contributed by atoms with E-state index in [0.717, 1.165) is 0 Å². The van der Waals surface area contributed by atoms with Gasteiger partial charge in [0.1, 0.15) is 23.3 Å². The third-order valence-corrected chi connectivity index (χ3v) is 3.07. The SMILES string of the molecule is COc1ccc(F)cc1C(O)C(CCN)NC(=O)OC(C)(C)C. The predicted octanol–water partition coefficient (Wildman–Crippen LogP) is 2.11. The summed E-state index contributed by atoms with van der Waals surface area (Å²) in [6.07, 6.45) is -1.57. The zero-order chi connectivity index (χ0) is 17.6. The number of hydrogen-bond donors (Lipinski definition) is 3. The summed E-state index contributed by atoms with van der Waals surface area (Å²) in [5, 5.41) is 13.1. The first-order valence-corrected chi connectivity index (χ1v) is 7.39. The topological polar surface area (TPSA) is 93.8 Å². The third-order valence-electron chi connectivity index (χ3n) is 3.07. The van der Waals surface area contributed by atoms with Gasteiger partial charge in [-0.25, -0.2) is 9.18 Å². The van der Waals surface area contributed by atoms with Crippen molar-refractivity contribution in [3.8, 4) is 5.75 Å². The number of benzene rings is 1. The first-order chi connectivity index (χ1) is 10.7. The number of ether oxygens (including phenoxy) is 2. The molecular formula is C16H25FN2O4. The Balaban J connectivity index is 2.96. The van der Waals surface area contributed by atoms with Crippen molar-refractivity contribution >= 4 is 6.09 Å². The Labute approximate surface area is 135 Å². The van der Waals surface area contributed by atoms with Crippen molar-refractivity contribution in [2.75, 3.05) is 13.7 Å². The molecule has 0 aromatic heterocycles. The minimum atomic E-state index is -1.18. The second kappa shape index (κ2) is 8.12. The average molecular weight is 328 g/mol. The second-order valence-corrected chi connectivity index (χ2v) is 6.16. The molecule has 0 fully saturated rings. The summed E-state index contributed by atoms with van der Waals surface area (Å²) in [7, 11) is 1.42. The molecule has 4 N–H and O–H groups in total. The van der Waals surface area contributed by atoms with E-state index in [9.17, 15) is 14.3 Å². The molecule has 0 saturated heterocycles. The number of nitrogens with one attached hydrogen (secondary N) is 1. The van der Waals surface area contributed by atoms with E-state index in [0.29, 0.717) is 12.2 Å². The van der Waals surface area contributed by atoms with Crippen LogP contribution in [0, 0.1) is 5.82 Å². The van der Waals surface area contributed by atoms with Crippen molar-refractivity contribution < 1.29 is 23.8 Å². The molecule has 23 heavy (non-hydrogen) atoms. The number of methoxy groups -OCH3 is 1. The normalized spacial score (nSPS) is 14.0. The molecule has 2 unspecified atom stereocenters. The Morgan fingerprint density at radius 2 is 2.09 bits per heavy atom. The van der Waals surface area contributed by atoms with Crippen LogP contribution in [-0.4, -0.2) is 36.5 Å². The Bertz CT molecular complexity index is 531. The van der Waals surface area contributed by atoms with Gasteiger partial charge in [0.25, 0.3) is 0 Å². The second-order valence-electron chi connectivity index (χ2n) is 6.16. The zero-order valence-electron chi connectivity index (χ0n) is 13.9. The summed E-state index contributed by atoms with van der Waals surface area (Å²) in [4.78, 5) is 11.9. The van der Waals surface area contributed by atoms with E-state index >= 15 is 0 Å². The van der Waals surface area contributed by atoms with Crippen LogP contribution in [0.4, 0.5) is 9.18 Å². The van der Waals surface area contributed by atoms with Crippen LogP contribution in [0.3, 0.4) is 0 Å². The van der Waals surface area contributed by atoms with E-state index in [1.54, 1.807) is 20.8 Å². The van der Waals surface area contributed by atoms with Gasteiger partial charge in [-0.15, -0.1) is 0 Å². The number of hydrogen-bond acceptors (Lipinski definition) is 5. The smallest absolute Gasteiger partial charge is 0.407 e. The molecule has 1 aromatic rings. The van der Waals surface area contributed by atoms with Crippen LogP contribution in [0.2, 0.25) is 0 Å². The molecule has 2 atom stereocenters. The number of rotatable bonds is 6. The Morgan fingerprint density at radius 3 is 2.61 bits per heavy atom. The van der Waals surface area contributed by atoms with Crippen molar-refractivity contribution in [3.63, 3.8) is 0 Å². The van der Waals surface area contributed by atoms with Crippen molar-refractivity contribution in [2.24, 2.45) is 5.73 Å². The molecule has 0 bridgehead atoms. The quantitative estimate of drug-likeness (QED) is 0.743. The predicted molar refractivity (Wildman–Crippen MR) is 84.7 cm³/mol. The highest BCUT2D eigenvalue weighted by Crippen LogP contribution is 2.29. The number of nitrogens with two attached hydrogens (primary N) is 1. The standard InChI is InChI=1S/C16H25FN2O4/c1-16(2,3)23-15(21)19-12(7-8-18)14(20)11-9-10(17)5-6-13(11)22-4/h5-6,9,12,14,20H,7-8,18H2,1-4H3,(H,19,21). The fraction of sp³-hybridized carbons (Fsp3) is 0.562. The van der Waals surface area contributed by atoms with Crippen molar-refractivity contribution in [1.82, 2.24) is 5.32 Å². The largest absolute Gasteiger partial charge is 0.496 e. The lowest BCUT2D eigenvalue weighted by atomic mass is 9.98. The number of aliphatic hydroxyl groups excluding tert-OH is 1. The number of halogens is 1. The summed E-state index contributed by atoms with van der Waals surface area (Å²) in [6.45, 7) is 5.43. The molecule has 0 spiro atoms. The van der Waals surface area contributed by atoms with E-state index in [4.69, 9.17) is 15.2 Å². The van der Waals surface area contributed by atoms with Crippen LogP contribution >= 0.6 is 0 Å². The highest BCUT2D eigenvalue weighted by atomic mass is 19.1. The van der Waals surface area contributed by atoms with Gasteiger partial charge in [-0.3, -0.25) is 0 Å². The van der Waals surface area contributed by atoms with Crippen LogP contribution in [0.1, 0.15) is 38.9 Å². The van der Waals surface area contributed by atoms with Gasteiger partial charge in [-0.2, -0.15) is 0 Å². The summed E-state index contributed by atoms with van der Waals surface area (Å²) >= 11 is 0. The first kappa shape index (κ1) is 19.2. The van der Waals surface area contributed by atoms with Gasteiger partial charge in [-0.1, -0.05) is 0 Å². The van der Waals surface area contributed by atoms with Gasteiger partial charge in [0.05, 0.1) is 13.2 Å². The van der Waals surface area contributed by atoms with E-state index in [1.807, 2.05) is 0 Å². The lowest BCUT2D eigenvalue weighted by molar-refractivity contribution is 0.0413. The van der Waals surface area contributed by atoms with Gasteiger partial charge in [-0.05, 0) is 51.9 Å². The molecule has 0 aliphatic carbocycles. The Morgan fingerprint density at radius 1 is 1.43 bits per heavy atom. The molecule has 130 valence electrons.